The van der Waals surface area contributed by atoms with E-state index in [4.69, 9.17) is 4.98 Å². The van der Waals surface area contributed by atoms with Crippen LogP contribution in [0.2, 0.25) is 0 Å². The first-order valence-electron chi connectivity index (χ1n) is 11.7. The summed E-state index contributed by atoms with van der Waals surface area (Å²) in [4.78, 5) is 33.6. The maximum atomic E-state index is 13.0. The summed E-state index contributed by atoms with van der Waals surface area (Å²) in [5, 5.41) is 9.34. The Labute approximate surface area is 195 Å². The Bertz CT molecular complexity index is 1140. The van der Waals surface area contributed by atoms with Crippen LogP contribution in [-0.2, 0) is 10.2 Å². The van der Waals surface area contributed by atoms with Crippen molar-refractivity contribution in [3.63, 3.8) is 0 Å². The zero-order valence-electron chi connectivity index (χ0n) is 20.0. The lowest BCUT2D eigenvalue weighted by Gasteiger charge is -2.47. The van der Waals surface area contributed by atoms with Crippen LogP contribution < -0.4 is 9.80 Å². The molecule has 4 heterocycles. The molecule has 5 rings (SSSR count). The molecule has 8 nitrogen and oxygen atoms in total. The van der Waals surface area contributed by atoms with E-state index in [1.54, 1.807) is 18.6 Å². The van der Waals surface area contributed by atoms with Gasteiger partial charge in [-0.15, -0.1) is 0 Å². The SMILES string of the molecule is C[C@@H]1CN(c2ncnc3c2C2(CC2)CN3c2cc(C#N)ccn2)[C@H](C)CN1C(=O)C(C)(C)C. The van der Waals surface area contributed by atoms with Crippen molar-refractivity contribution in [3.05, 3.63) is 35.8 Å². The van der Waals surface area contributed by atoms with Crippen molar-refractivity contribution in [1.82, 2.24) is 19.9 Å². The molecule has 2 aromatic heterocycles. The van der Waals surface area contributed by atoms with E-state index >= 15 is 0 Å². The Morgan fingerprint density at radius 3 is 2.52 bits per heavy atom. The molecule has 172 valence electrons. The van der Waals surface area contributed by atoms with Gasteiger partial charge in [-0.3, -0.25) is 4.79 Å². The Morgan fingerprint density at radius 1 is 1.12 bits per heavy atom. The molecule has 1 spiro atoms. The van der Waals surface area contributed by atoms with Crippen molar-refractivity contribution in [1.29, 1.82) is 5.26 Å². The van der Waals surface area contributed by atoms with E-state index < -0.39 is 5.41 Å². The molecule has 0 unspecified atom stereocenters. The van der Waals surface area contributed by atoms with Gasteiger partial charge in [-0.05, 0) is 38.8 Å². The third kappa shape index (κ3) is 3.50. The maximum absolute atomic E-state index is 13.0. The molecule has 0 bridgehead atoms. The first-order valence-corrected chi connectivity index (χ1v) is 11.7. The van der Waals surface area contributed by atoms with Gasteiger partial charge in [-0.25, -0.2) is 15.0 Å². The lowest BCUT2D eigenvalue weighted by Crippen LogP contribution is -2.60. The molecule has 1 aliphatic carbocycles. The summed E-state index contributed by atoms with van der Waals surface area (Å²) in [5.74, 6) is 2.83. The third-order valence-electron chi connectivity index (χ3n) is 7.22. The van der Waals surface area contributed by atoms with Crippen LogP contribution in [0.1, 0.15) is 58.6 Å². The van der Waals surface area contributed by atoms with Gasteiger partial charge in [-0.2, -0.15) is 5.26 Å². The van der Waals surface area contributed by atoms with Crippen molar-refractivity contribution in [2.45, 2.75) is 65.0 Å². The topological polar surface area (TPSA) is 89.2 Å². The van der Waals surface area contributed by atoms with Gasteiger partial charge < -0.3 is 14.7 Å². The van der Waals surface area contributed by atoms with E-state index in [9.17, 15) is 10.1 Å². The van der Waals surface area contributed by atoms with Crippen molar-refractivity contribution in [2.24, 2.45) is 5.41 Å². The molecule has 0 radical (unpaired) electrons. The predicted octanol–water partition coefficient (Wildman–Crippen LogP) is 3.40. The summed E-state index contributed by atoms with van der Waals surface area (Å²) in [5.41, 5.74) is 1.44. The summed E-state index contributed by atoms with van der Waals surface area (Å²) in [7, 11) is 0. The maximum Gasteiger partial charge on any atom is 0.228 e. The van der Waals surface area contributed by atoms with E-state index in [0.717, 1.165) is 43.4 Å². The highest BCUT2D eigenvalue weighted by atomic mass is 16.2. The molecule has 2 aliphatic heterocycles. The molecule has 2 aromatic rings. The van der Waals surface area contributed by atoms with E-state index in [-0.39, 0.29) is 23.4 Å². The number of fused-ring (bicyclic) bond motifs is 2. The van der Waals surface area contributed by atoms with Gasteiger partial charge in [0.05, 0.1) is 11.6 Å². The number of carbonyl (C=O) groups is 1. The van der Waals surface area contributed by atoms with Crippen LogP contribution in [0.25, 0.3) is 0 Å². The first kappa shape index (κ1) is 21.6. The number of carbonyl (C=O) groups excluding carboxylic acids is 1. The van der Waals surface area contributed by atoms with Crippen LogP contribution in [0.3, 0.4) is 0 Å². The molecule has 1 saturated carbocycles. The average Bonchev–Trinajstić information content (AvgIpc) is 3.49. The standard InChI is InChI=1S/C25H31N7O/c1-16-13-31(23(33)24(3,4)5)17(2)12-30(16)21-20-22(29-15-28-21)32(14-25(20)7-8-25)19-10-18(11-26)6-9-27-19/h6,9-10,15-17H,7-8,12-14H2,1-5H3/t16-,17-/m1/s1. The second-order valence-corrected chi connectivity index (χ2v) is 10.8. The molecule has 0 aromatic carbocycles. The highest BCUT2D eigenvalue weighted by Gasteiger charge is 2.56. The number of anilines is 3. The number of nitrogens with zero attached hydrogens (tertiary/aromatic N) is 7. The van der Waals surface area contributed by atoms with Crippen LogP contribution in [0.4, 0.5) is 17.5 Å². The number of amides is 1. The molecule has 8 heteroatoms. The van der Waals surface area contributed by atoms with E-state index in [1.807, 2.05) is 31.7 Å². The average molecular weight is 446 g/mol. The smallest absolute Gasteiger partial charge is 0.228 e. The second kappa shape index (κ2) is 7.41. The van der Waals surface area contributed by atoms with Gasteiger partial charge in [0.25, 0.3) is 0 Å². The molecular formula is C25H31N7O. The number of rotatable bonds is 2. The van der Waals surface area contributed by atoms with Crippen LogP contribution in [0.15, 0.2) is 24.7 Å². The van der Waals surface area contributed by atoms with Gasteiger partial charge in [0.15, 0.2) is 0 Å². The summed E-state index contributed by atoms with van der Waals surface area (Å²) >= 11 is 0. The number of hydrogen-bond donors (Lipinski definition) is 0. The third-order valence-corrected chi connectivity index (χ3v) is 7.22. The van der Waals surface area contributed by atoms with E-state index in [1.165, 1.54) is 5.56 Å². The number of aromatic nitrogens is 3. The lowest BCUT2D eigenvalue weighted by atomic mass is 9.92. The fourth-order valence-corrected chi connectivity index (χ4v) is 5.24. The first-order chi connectivity index (χ1) is 15.6. The fourth-order valence-electron chi connectivity index (χ4n) is 5.24. The van der Waals surface area contributed by atoms with Crippen LogP contribution in [0, 0.1) is 16.7 Å². The molecule has 1 saturated heterocycles. The Hall–Kier alpha value is -3.21. The molecule has 33 heavy (non-hydrogen) atoms. The number of pyridine rings is 1. The van der Waals surface area contributed by atoms with Crippen molar-refractivity contribution >= 4 is 23.4 Å². The Balaban J connectivity index is 1.50. The fraction of sp³-hybridized carbons (Fsp3) is 0.560. The van der Waals surface area contributed by atoms with Crippen molar-refractivity contribution in [2.75, 3.05) is 29.4 Å². The highest BCUT2D eigenvalue weighted by molar-refractivity contribution is 5.82. The van der Waals surface area contributed by atoms with Crippen LogP contribution in [0.5, 0.6) is 0 Å². The summed E-state index contributed by atoms with van der Waals surface area (Å²) in [6.07, 6.45) is 5.52. The van der Waals surface area contributed by atoms with Gasteiger partial charge in [0.2, 0.25) is 5.91 Å². The number of piperazine rings is 1. The van der Waals surface area contributed by atoms with E-state index in [0.29, 0.717) is 12.1 Å². The summed E-state index contributed by atoms with van der Waals surface area (Å²) in [6.45, 7) is 12.5. The monoisotopic (exact) mass is 445 g/mol. The minimum atomic E-state index is -0.393. The molecule has 3 aliphatic rings. The molecule has 2 atom stereocenters. The second-order valence-electron chi connectivity index (χ2n) is 10.8. The van der Waals surface area contributed by atoms with Crippen molar-refractivity contribution in [3.8, 4) is 6.07 Å². The normalized spacial score (nSPS) is 23.5. The van der Waals surface area contributed by atoms with Crippen LogP contribution >= 0.6 is 0 Å². The van der Waals surface area contributed by atoms with Gasteiger partial charge in [-0.1, -0.05) is 20.8 Å². The number of nitriles is 1. The Kier molecular flexibility index (Phi) is 4.85. The molecule has 1 amide bonds. The molecule has 0 N–H and O–H groups in total. The minimum Gasteiger partial charge on any atom is -0.350 e. The largest absolute Gasteiger partial charge is 0.350 e. The zero-order chi connectivity index (χ0) is 23.5. The summed E-state index contributed by atoms with van der Waals surface area (Å²) < 4.78 is 0. The minimum absolute atomic E-state index is 0.0393. The van der Waals surface area contributed by atoms with Gasteiger partial charge >= 0.3 is 0 Å². The molecular weight excluding hydrogens is 414 g/mol. The predicted molar refractivity (Wildman–Crippen MR) is 126 cm³/mol. The highest BCUT2D eigenvalue weighted by Crippen LogP contribution is 2.59. The lowest BCUT2D eigenvalue weighted by molar-refractivity contribution is -0.142. The quantitative estimate of drug-likeness (QED) is 0.700. The summed E-state index contributed by atoms with van der Waals surface area (Å²) in [6, 6.07) is 6.01. The zero-order valence-corrected chi connectivity index (χ0v) is 20.0. The number of hydrogen-bond acceptors (Lipinski definition) is 7. The van der Waals surface area contributed by atoms with E-state index in [2.05, 4.69) is 39.7 Å². The van der Waals surface area contributed by atoms with Crippen molar-refractivity contribution < 1.29 is 4.79 Å². The van der Waals surface area contributed by atoms with Gasteiger partial charge in [0.1, 0.15) is 23.8 Å². The Morgan fingerprint density at radius 2 is 1.85 bits per heavy atom. The van der Waals surface area contributed by atoms with Gasteiger partial charge in [0, 0.05) is 54.3 Å². The van der Waals surface area contributed by atoms with Crippen LogP contribution in [-0.4, -0.2) is 57.5 Å². The molecule has 2 fully saturated rings.